The molecule has 1 N–H and O–H groups in total. The lowest BCUT2D eigenvalue weighted by molar-refractivity contribution is 0.398. The predicted molar refractivity (Wildman–Crippen MR) is 52.5 cm³/mol. The second-order valence-electron chi connectivity index (χ2n) is 4.16. The van der Waals surface area contributed by atoms with E-state index < -0.39 is 0 Å². The van der Waals surface area contributed by atoms with Crippen LogP contribution in [0.1, 0.15) is 31.0 Å². The van der Waals surface area contributed by atoms with E-state index in [2.05, 4.69) is 24.3 Å². The van der Waals surface area contributed by atoms with Gasteiger partial charge in [0.2, 0.25) is 0 Å². The van der Waals surface area contributed by atoms with Crippen molar-refractivity contribution in [3.05, 3.63) is 17.5 Å². The Bertz CT molecular complexity index is 288. The molecule has 1 aliphatic heterocycles. The van der Waals surface area contributed by atoms with Crippen molar-refractivity contribution in [1.82, 2.24) is 15.1 Å². The normalized spacial score (nSPS) is 28.2. The van der Waals surface area contributed by atoms with Gasteiger partial charge in [-0.1, -0.05) is 0 Å². The Morgan fingerprint density at radius 1 is 1.62 bits per heavy atom. The van der Waals surface area contributed by atoms with Crippen LogP contribution < -0.4 is 5.32 Å². The van der Waals surface area contributed by atoms with Crippen molar-refractivity contribution >= 4 is 0 Å². The van der Waals surface area contributed by atoms with Crippen molar-refractivity contribution in [2.75, 3.05) is 6.54 Å². The molecule has 0 amide bonds. The molecule has 1 atom stereocenters. The summed E-state index contributed by atoms with van der Waals surface area (Å²) >= 11 is 0. The maximum absolute atomic E-state index is 4.28. The molecule has 1 unspecified atom stereocenters. The molecular weight excluding hydrogens is 162 g/mol. The van der Waals surface area contributed by atoms with Gasteiger partial charge in [-0.15, -0.1) is 0 Å². The Balaban J connectivity index is 2.43. The smallest absolute Gasteiger partial charge is 0.0608 e. The molecule has 2 heterocycles. The molecule has 1 aromatic heterocycles. The summed E-state index contributed by atoms with van der Waals surface area (Å²) in [5.41, 5.74) is 2.78. The first kappa shape index (κ1) is 8.75. The monoisotopic (exact) mass is 179 g/mol. The number of nitrogens with one attached hydrogen (secondary N) is 1. The van der Waals surface area contributed by atoms with Crippen LogP contribution in [0.2, 0.25) is 0 Å². The van der Waals surface area contributed by atoms with Gasteiger partial charge in [0.25, 0.3) is 0 Å². The van der Waals surface area contributed by atoms with Crippen LogP contribution in [0.25, 0.3) is 0 Å². The summed E-state index contributed by atoms with van der Waals surface area (Å²) in [5, 5.41) is 7.84. The average molecular weight is 179 g/mol. The third-order valence-corrected chi connectivity index (χ3v) is 3.01. The maximum Gasteiger partial charge on any atom is 0.0608 e. The van der Waals surface area contributed by atoms with Gasteiger partial charge in [0.15, 0.2) is 0 Å². The largest absolute Gasteiger partial charge is 0.306 e. The molecule has 1 saturated heterocycles. The molecule has 72 valence electrons. The number of nitrogens with zero attached hydrogens (tertiary/aromatic N) is 2. The average Bonchev–Trinajstić information content (AvgIpc) is 2.60. The lowest BCUT2D eigenvalue weighted by atomic mass is 9.93. The van der Waals surface area contributed by atoms with Gasteiger partial charge in [-0.05, 0) is 38.8 Å². The minimum atomic E-state index is 0.148. The summed E-state index contributed by atoms with van der Waals surface area (Å²) in [7, 11) is 2.02. The van der Waals surface area contributed by atoms with Crippen molar-refractivity contribution < 1.29 is 0 Å². The molecule has 1 aromatic rings. The first-order chi connectivity index (χ1) is 6.13. The van der Waals surface area contributed by atoms with Crippen LogP contribution in [0, 0.1) is 6.92 Å². The Morgan fingerprint density at radius 2 is 2.38 bits per heavy atom. The van der Waals surface area contributed by atoms with Crippen molar-refractivity contribution in [3.8, 4) is 0 Å². The van der Waals surface area contributed by atoms with Crippen LogP contribution in [0.5, 0.6) is 0 Å². The van der Waals surface area contributed by atoms with E-state index in [0.29, 0.717) is 0 Å². The van der Waals surface area contributed by atoms with Crippen molar-refractivity contribution in [1.29, 1.82) is 0 Å². The lowest BCUT2D eigenvalue weighted by Gasteiger charge is -2.25. The van der Waals surface area contributed by atoms with Gasteiger partial charge in [-0.25, -0.2) is 0 Å². The highest BCUT2D eigenvalue weighted by Crippen LogP contribution is 2.31. The highest BCUT2D eigenvalue weighted by atomic mass is 15.3. The Hall–Kier alpha value is -0.830. The molecule has 0 saturated carbocycles. The van der Waals surface area contributed by atoms with Gasteiger partial charge in [0, 0.05) is 7.05 Å². The topological polar surface area (TPSA) is 29.9 Å². The summed E-state index contributed by atoms with van der Waals surface area (Å²) in [6.07, 6.45) is 4.43. The van der Waals surface area contributed by atoms with Crippen LogP contribution >= 0.6 is 0 Å². The number of hydrogen-bond donors (Lipinski definition) is 1. The van der Waals surface area contributed by atoms with Crippen LogP contribution in [-0.2, 0) is 12.6 Å². The Kier molecular flexibility index (Phi) is 1.91. The molecule has 1 fully saturated rings. The minimum Gasteiger partial charge on any atom is -0.306 e. The van der Waals surface area contributed by atoms with E-state index in [1.165, 1.54) is 24.1 Å². The van der Waals surface area contributed by atoms with Gasteiger partial charge >= 0.3 is 0 Å². The molecule has 13 heavy (non-hydrogen) atoms. The van der Waals surface area contributed by atoms with Crippen LogP contribution in [0.15, 0.2) is 6.20 Å². The van der Waals surface area contributed by atoms with E-state index in [0.717, 1.165) is 6.54 Å². The highest BCUT2D eigenvalue weighted by Gasteiger charge is 2.33. The fraction of sp³-hybridized carbons (Fsp3) is 0.700. The second kappa shape index (κ2) is 2.84. The van der Waals surface area contributed by atoms with E-state index in [1.54, 1.807) is 0 Å². The highest BCUT2D eigenvalue weighted by molar-refractivity contribution is 5.25. The van der Waals surface area contributed by atoms with Gasteiger partial charge in [0.05, 0.1) is 17.4 Å². The minimum absolute atomic E-state index is 0.148. The first-order valence-corrected chi connectivity index (χ1v) is 4.87. The molecule has 0 spiro atoms. The first-order valence-electron chi connectivity index (χ1n) is 4.87. The number of aromatic nitrogens is 2. The molecule has 0 aromatic carbocycles. The standard InChI is InChI=1S/C10H17N3/c1-8-7-12-13(3)9(8)10(2)5-4-6-11-10/h7,11H,4-6H2,1-3H3. The molecule has 3 nitrogen and oxygen atoms in total. The molecule has 2 rings (SSSR count). The maximum atomic E-state index is 4.28. The molecule has 1 aliphatic rings. The molecular formula is C10H17N3. The zero-order valence-electron chi connectivity index (χ0n) is 8.59. The number of rotatable bonds is 1. The van der Waals surface area contributed by atoms with Gasteiger partial charge in [-0.3, -0.25) is 4.68 Å². The van der Waals surface area contributed by atoms with E-state index in [9.17, 15) is 0 Å². The molecule has 0 bridgehead atoms. The van der Waals surface area contributed by atoms with Crippen LogP contribution in [0.3, 0.4) is 0 Å². The van der Waals surface area contributed by atoms with Gasteiger partial charge < -0.3 is 5.32 Å². The van der Waals surface area contributed by atoms with Gasteiger partial charge in [0.1, 0.15) is 0 Å². The fourth-order valence-electron chi connectivity index (χ4n) is 2.44. The predicted octanol–water partition coefficient (Wildman–Crippen LogP) is 1.33. The van der Waals surface area contributed by atoms with Crippen molar-refractivity contribution in [2.45, 2.75) is 32.2 Å². The zero-order valence-corrected chi connectivity index (χ0v) is 8.59. The summed E-state index contributed by atoms with van der Waals surface area (Å²) in [5.74, 6) is 0. The SMILES string of the molecule is Cc1cnn(C)c1C1(C)CCCN1. The Morgan fingerprint density at radius 3 is 2.85 bits per heavy atom. The molecule has 3 heteroatoms. The van der Waals surface area contributed by atoms with E-state index in [1.807, 2.05) is 17.9 Å². The number of hydrogen-bond acceptors (Lipinski definition) is 2. The summed E-state index contributed by atoms with van der Waals surface area (Å²) in [6, 6.07) is 0. The lowest BCUT2D eigenvalue weighted by Crippen LogP contribution is -2.35. The third-order valence-electron chi connectivity index (χ3n) is 3.01. The van der Waals surface area contributed by atoms with E-state index >= 15 is 0 Å². The Labute approximate surface area is 79.1 Å². The van der Waals surface area contributed by atoms with Crippen LogP contribution in [-0.4, -0.2) is 16.3 Å². The van der Waals surface area contributed by atoms with E-state index in [4.69, 9.17) is 0 Å². The van der Waals surface area contributed by atoms with E-state index in [-0.39, 0.29) is 5.54 Å². The summed E-state index contributed by atoms with van der Waals surface area (Å²) in [4.78, 5) is 0. The fourth-order valence-corrected chi connectivity index (χ4v) is 2.44. The third kappa shape index (κ3) is 1.27. The summed E-state index contributed by atoms with van der Waals surface area (Å²) < 4.78 is 1.99. The van der Waals surface area contributed by atoms with Crippen molar-refractivity contribution in [3.63, 3.8) is 0 Å². The van der Waals surface area contributed by atoms with Crippen LogP contribution in [0.4, 0.5) is 0 Å². The summed E-state index contributed by atoms with van der Waals surface area (Å²) in [6.45, 7) is 5.53. The quantitative estimate of drug-likeness (QED) is 0.704. The van der Waals surface area contributed by atoms with Crippen molar-refractivity contribution in [2.24, 2.45) is 7.05 Å². The zero-order chi connectivity index (χ0) is 9.47. The molecule has 0 radical (unpaired) electrons. The number of aryl methyl sites for hydroxylation is 2. The second-order valence-corrected chi connectivity index (χ2v) is 4.16. The van der Waals surface area contributed by atoms with Gasteiger partial charge in [-0.2, -0.15) is 5.10 Å². The molecule has 0 aliphatic carbocycles.